The molecule has 3 heterocycles. The zero-order valence-electron chi connectivity index (χ0n) is 17.3. The third-order valence-electron chi connectivity index (χ3n) is 4.92. The molecule has 166 valence electrons. The van der Waals surface area contributed by atoms with Gasteiger partial charge in [0.25, 0.3) is 5.91 Å². The maximum atomic E-state index is 13.0. The molecule has 0 saturated heterocycles. The number of nitrogens with zero attached hydrogens (tertiary/aromatic N) is 5. The van der Waals surface area contributed by atoms with Crippen molar-refractivity contribution in [1.29, 1.82) is 0 Å². The van der Waals surface area contributed by atoms with Gasteiger partial charge in [-0.05, 0) is 38.1 Å². The van der Waals surface area contributed by atoms with E-state index >= 15 is 0 Å². The first-order valence-electron chi connectivity index (χ1n) is 9.70. The number of carbonyl (C=O) groups is 1. The number of amides is 1. The van der Waals surface area contributed by atoms with E-state index in [1.807, 2.05) is 0 Å². The Labute approximate surface area is 187 Å². The number of phenols is 1. The largest absolute Gasteiger partial charge is 0.507 e. The lowest BCUT2D eigenvalue weighted by Gasteiger charge is -2.24. The van der Waals surface area contributed by atoms with Crippen LogP contribution in [0.15, 0.2) is 49.1 Å². The van der Waals surface area contributed by atoms with Crippen LogP contribution in [0.5, 0.6) is 5.75 Å². The second kappa shape index (κ2) is 8.23. The van der Waals surface area contributed by atoms with Crippen LogP contribution in [0.3, 0.4) is 0 Å². The predicted octanol–water partition coefficient (Wildman–Crippen LogP) is 2.34. The summed E-state index contributed by atoms with van der Waals surface area (Å²) in [5.41, 5.74) is 0.0631. The molecule has 1 amide bonds. The van der Waals surface area contributed by atoms with E-state index in [4.69, 9.17) is 11.6 Å². The van der Waals surface area contributed by atoms with Gasteiger partial charge in [0.2, 0.25) is 0 Å². The Morgan fingerprint density at radius 2 is 2.12 bits per heavy atom. The van der Waals surface area contributed by atoms with E-state index in [9.17, 15) is 20.1 Å². The van der Waals surface area contributed by atoms with Crippen LogP contribution in [-0.2, 0) is 6.54 Å². The second-order valence-electron chi connectivity index (χ2n) is 7.84. The lowest BCUT2D eigenvalue weighted by molar-refractivity contribution is -0.0566. The molecule has 11 heteroatoms. The molecule has 4 rings (SSSR count). The number of nitrogens with one attached hydrogen (secondary N) is 1. The average molecular weight is 457 g/mol. The molecular weight excluding hydrogens is 436 g/mol. The van der Waals surface area contributed by atoms with Crippen LogP contribution in [0.1, 0.15) is 24.2 Å². The van der Waals surface area contributed by atoms with Crippen molar-refractivity contribution in [3.8, 4) is 17.0 Å². The topological polar surface area (TPSA) is 138 Å². The monoisotopic (exact) mass is 456 g/mol. The van der Waals surface area contributed by atoms with Gasteiger partial charge in [0.05, 0.1) is 24.0 Å². The van der Waals surface area contributed by atoms with Crippen LogP contribution in [0.2, 0.25) is 5.02 Å². The number of hydrogen-bond donors (Lipinski definition) is 4. The molecule has 0 radical (unpaired) electrons. The first kappa shape index (κ1) is 21.8. The number of aromatic nitrogens is 5. The van der Waals surface area contributed by atoms with Crippen LogP contribution in [0, 0.1) is 0 Å². The zero-order chi connectivity index (χ0) is 23.0. The fourth-order valence-electron chi connectivity index (χ4n) is 3.08. The van der Waals surface area contributed by atoms with Crippen molar-refractivity contribution in [2.45, 2.75) is 32.1 Å². The van der Waals surface area contributed by atoms with Gasteiger partial charge in [-0.1, -0.05) is 11.6 Å². The van der Waals surface area contributed by atoms with Gasteiger partial charge < -0.3 is 20.6 Å². The van der Waals surface area contributed by atoms with E-state index < -0.39 is 17.6 Å². The number of halogens is 1. The highest BCUT2D eigenvalue weighted by molar-refractivity contribution is 6.31. The highest BCUT2D eigenvalue weighted by Crippen LogP contribution is 2.35. The van der Waals surface area contributed by atoms with E-state index in [1.165, 1.54) is 53.6 Å². The molecule has 4 N–H and O–H groups in total. The van der Waals surface area contributed by atoms with Crippen molar-refractivity contribution in [3.05, 3.63) is 59.6 Å². The summed E-state index contributed by atoms with van der Waals surface area (Å²) in [5.74, 6) is -0.570. The second-order valence-corrected chi connectivity index (χ2v) is 8.28. The van der Waals surface area contributed by atoms with Crippen molar-refractivity contribution in [1.82, 2.24) is 24.4 Å². The maximum Gasteiger partial charge on any atom is 0.261 e. The Bertz CT molecular complexity index is 1290. The lowest BCUT2D eigenvalue weighted by Crippen LogP contribution is -2.39. The summed E-state index contributed by atoms with van der Waals surface area (Å²) in [5, 5.41) is 42.3. The number of fused-ring (bicyclic) bond motifs is 1. The van der Waals surface area contributed by atoms with E-state index in [0.717, 1.165) is 0 Å². The molecule has 0 spiro atoms. The fourth-order valence-corrected chi connectivity index (χ4v) is 3.25. The normalized spacial score (nSPS) is 12.8. The van der Waals surface area contributed by atoms with Crippen LogP contribution < -0.4 is 5.32 Å². The van der Waals surface area contributed by atoms with E-state index in [-0.39, 0.29) is 29.2 Å². The summed E-state index contributed by atoms with van der Waals surface area (Å²) >= 11 is 6.10. The van der Waals surface area contributed by atoms with Gasteiger partial charge in [0.1, 0.15) is 23.1 Å². The van der Waals surface area contributed by atoms with Gasteiger partial charge in [-0.2, -0.15) is 10.2 Å². The van der Waals surface area contributed by atoms with Crippen LogP contribution >= 0.6 is 11.6 Å². The zero-order valence-corrected chi connectivity index (χ0v) is 18.0. The molecule has 0 bridgehead atoms. The molecule has 10 nitrogen and oxygen atoms in total. The lowest BCUT2D eigenvalue weighted by atomic mass is 10.0. The summed E-state index contributed by atoms with van der Waals surface area (Å²) in [6.07, 6.45) is 5.00. The Kier molecular flexibility index (Phi) is 5.59. The summed E-state index contributed by atoms with van der Waals surface area (Å²) in [6, 6.07) is 6.16. The molecule has 0 aliphatic carbocycles. The third kappa shape index (κ3) is 4.28. The van der Waals surface area contributed by atoms with Crippen LogP contribution in [-0.4, -0.2) is 57.3 Å². The van der Waals surface area contributed by atoms with E-state index in [0.29, 0.717) is 16.2 Å². The van der Waals surface area contributed by atoms with Gasteiger partial charge in [-0.3, -0.25) is 9.48 Å². The molecule has 1 atom stereocenters. The molecule has 3 aromatic heterocycles. The summed E-state index contributed by atoms with van der Waals surface area (Å²) in [7, 11) is 0. The minimum Gasteiger partial charge on any atom is -0.507 e. The average Bonchev–Trinajstić information content (AvgIpc) is 3.33. The van der Waals surface area contributed by atoms with Gasteiger partial charge in [-0.15, -0.1) is 0 Å². The number of aromatic hydroxyl groups is 1. The summed E-state index contributed by atoms with van der Waals surface area (Å²) < 4.78 is 2.85. The minimum absolute atomic E-state index is 0.0496. The smallest absolute Gasteiger partial charge is 0.261 e. The Hall–Kier alpha value is -3.47. The molecular formula is C21H21ClN6O4. The number of rotatable bonds is 6. The van der Waals surface area contributed by atoms with Crippen LogP contribution in [0.25, 0.3) is 16.9 Å². The molecule has 0 unspecified atom stereocenters. The van der Waals surface area contributed by atoms with Crippen molar-refractivity contribution >= 4 is 28.8 Å². The Balaban J connectivity index is 1.74. The number of benzene rings is 1. The number of hydrogen-bond acceptors (Lipinski definition) is 7. The van der Waals surface area contributed by atoms with E-state index in [2.05, 4.69) is 20.5 Å². The Morgan fingerprint density at radius 3 is 2.88 bits per heavy atom. The minimum atomic E-state index is -1.36. The third-order valence-corrected chi connectivity index (χ3v) is 5.16. The number of carbonyl (C=O) groups excluding carboxylic acids is 1. The summed E-state index contributed by atoms with van der Waals surface area (Å²) in [6.45, 7) is 2.91. The van der Waals surface area contributed by atoms with Gasteiger partial charge in [0, 0.05) is 29.2 Å². The van der Waals surface area contributed by atoms with Gasteiger partial charge >= 0.3 is 0 Å². The van der Waals surface area contributed by atoms with E-state index in [1.54, 1.807) is 18.5 Å². The van der Waals surface area contributed by atoms with Gasteiger partial charge in [0.15, 0.2) is 5.65 Å². The number of anilines is 1. The fraction of sp³-hybridized carbons (Fsp3) is 0.238. The summed E-state index contributed by atoms with van der Waals surface area (Å²) in [4.78, 5) is 17.2. The quantitative estimate of drug-likeness (QED) is 0.349. The number of aliphatic hydroxyl groups is 2. The molecule has 0 saturated carbocycles. The van der Waals surface area contributed by atoms with Gasteiger partial charge in [-0.25, -0.2) is 9.50 Å². The highest BCUT2D eigenvalue weighted by Gasteiger charge is 2.27. The van der Waals surface area contributed by atoms with Crippen molar-refractivity contribution < 1.29 is 20.1 Å². The van der Waals surface area contributed by atoms with Crippen LogP contribution in [0.4, 0.5) is 5.69 Å². The van der Waals surface area contributed by atoms with Crippen molar-refractivity contribution in [2.24, 2.45) is 0 Å². The van der Waals surface area contributed by atoms with Crippen molar-refractivity contribution in [3.63, 3.8) is 0 Å². The molecule has 0 aliphatic heterocycles. The number of phenolic OH excluding ortho intramolecular Hbond substituents is 1. The molecule has 32 heavy (non-hydrogen) atoms. The molecule has 1 aromatic carbocycles. The molecule has 0 aliphatic rings. The first-order valence-corrected chi connectivity index (χ1v) is 10.1. The standard InChI is InChI=1S/C21H21ClN6O4/c1-21(2,32)17(30)11-27-10-15(18(26-27)13-8-12(22)4-5-16(13)29)25-20(31)14-9-24-28-7-3-6-23-19(14)28/h3-10,17,29-30,32H,11H2,1-2H3,(H,25,31)/t17-/m1/s1. The maximum absolute atomic E-state index is 13.0. The van der Waals surface area contributed by atoms with Crippen molar-refractivity contribution in [2.75, 3.05) is 5.32 Å². The molecule has 0 fully saturated rings. The highest BCUT2D eigenvalue weighted by atomic mass is 35.5. The Morgan fingerprint density at radius 1 is 1.34 bits per heavy atom. The number of aliphatic hydroxyl groups excluding tert-OH is 1. The predicted molar refractivity (Wildman–Crippen MR) is 118 cm³/mol. The first-order chi connectivity index (χ1) is 15.1. The molecule has 4 aromatic rings. The SMILES string of the molecule is CC(C)(O)[C@H](O)Cn1cc(NC(=O)c2cnn3cccnc23)c(-c2cc(Cl)ccc2O)n1.